The second-order valence-electron chi connectivity index (χ2n) is 6.48. The average Bonchev–Trinajstić information content (AvgIpc) is 2.64. The summed E-state index contributed by atoms with van der Waals surface area (Å²) in [5, 5.41) is 11.1. The summed E-state index contributed by atoms with van der Waals surface area (Å²) in [6.45, 7) is 6.43. The van der Waals surface area contributed by atoms with E-state index in [0.29, 0.717) is 25.3 Å². The van der Waals surface area contributed by atoms with Crippen molar-refractivity contribution in [3.8, 4) is 0 Å². The van der Waals surface area contributed by atoms with Crippen LogP contribution in [0.3, 0.4) is 0 Å². The summed E-state index contributed by atoms with van der Waals surface area (Å²) in [4.78, 5) is 27.4. The third kappa shape index (κ3) is 4.56. The first-order valence-electron chi connectivity index (χ1n) is 8.71. The van der Waals surface area contributed by atoms with Gasteiger partial charge in [-0.1, -0.05) is 29.8 Å². The zero-order chi connectivity index (χ0) is 18.5. The molecule has 0 bridgehead atoms. The van der Waals surface area contributed by atoms with Crippen LogP contribution in [0.5, 0.6) is 0 Å². The quantitative estimate of drug-likeness (QED) is 0.904. The molecule has 0 unspecified atom stereocenters. The number of carbonyl (C=O) groups is 2. The molecule has 0 spiro atoms. The third-order valence-electron chi connectivity index (χ3n) is 4.45. The molecule has 7 heteroatoms. The van der Waals surface area contributed by atoms with Crippen LogP contribution in [0.1, 0.15) is 18.1 Å². The fourth-order valence-corrected chi connectivity index (χ4v) is 2.89. The van der Waals surface area contributed by atoms with Gasteiger partial charge in [-0.3, -0.25) is 9.59 Å². The van der Waals surface area contributed by atoms with Gasteiger partial charge in [-0.15, -0.1) is 10.2 Å². The minimum Gasteiger partial charge on any atom is -0.352 e. The number of hydrogen-bond donors (Lipinski definition) is 1. The number of aromatic nitrogens is 2. The minimum atomic E-state index is -0.119. The Morgan fingerprint density at radius 3 is 2.27 bits per heavy atom. The van der Waals surface area contributed by atoms with E-state index in [2.05, 4.69) is 20.4 Å². The topological polar surface area (TPSA) is 78.4 Å². The lowest BCUT2D eigenvalue weighted by Crippen LogP contribution is -2.48. The molecule has 1 aromatic heterocycles. The van der Waals surface area contributed by atoms with Crippen LogP contribution < -0.4 is 10.2 Å². The standard InChI is InChI=1S/C19H23N5O2/c1-14-3-5-16(6-4-14)13-19(26)20-17-7-8-18(22-21-17)24-11-9-23(10-12-24)15(2)25/h3-8H,9-13H2,1-2H3,(H,20,21,26). The normalized spacial score (nSPS) is 14.2. The van der Waals surface area contributed by atoms with E-state index in [1.54, 1.807) is 13.0 Å². The van der Waals surface area contributed by atoms with Gasteiger partial charge in [0.15, 0.2) is 11.6 Å². The Kier molecular flexibility index (Phi) is 5.46. The van der Waals surface area contributed by atoms with Crippen molar-refractivity contribution < 1.29 is 9.59 Å². The van der Waals surface area contributed by atoms with Gasteiger partial charge in [0, 0.05) is 33.1 Å². The number of nitrogens with one attached hydrogen (secondary N) is 1. The van der Waals surface area contributed by atoms with Crippen molar-refractivity contribution in [1.29, 1.82) is 0 Å². The number of piperazine rings is 1. The zero-order valence-electron chi connectivity index (χ0n) is 15.1. The molecule has 3 rings (SSSR count). The van der Waals surface area contributed by atoms with Gasteiger partial charge >= 0.3 is 0 Å². The molecule has 2 aromatic rings. The highest BCUT2D eigenvalue weighted by Gasteiger charge is 2.19. The minimum absolute atomic E-state index is 0.0994. The van der Waals surface area contributed by atoms with Crippen LogP contribution in [0.15, 0.2) is 36.4 Å². The Labute approximate surface area is 153 Å². The molecule has 1 aromatic carbocycles. The van der Waals surface area contributed by atoms with Crippen LogP contribution in [-0.2, 0) is 16.0 Å². The van der Waals surface area contributed by atoms with E-state index in [-0.39, 0.29) is 11.8 Å². The van der Waals surface area contributed by atoms with Gasteiger partial charge in [0.05, 0.1) is 6.42 Å². The fourth-order valence-electron chi connectivity index (χ4n) is 2.89. The number of amides is 2. The Balaban J connectivity index is 1.53. The molecule has 0 radical (unpaired) electrons. The Morgan fingerprint density at radius 1 is 1.00 bits per heavy atom. The SMILES string of the molecule is CC(=O)N1CCN(c2ccc(NC(=O)Cc3ccc(C)cc3)nn2)CC1. The maximum Gasteiger partial charge on any atom is 0.229 e. The first-order valence-corrected chi connectivity index (χ1v) is 8.71. The lowest BCUT2D eigenvalue weighted by molar-refractivity contribution is -0.129. The molecule has 0 atom stereocenters. The van der Waals surface area contributed by atoms with Crippen LogP contribution >= 0.6 is 0 Å². The molecule has 7 nitrogen and oxygen atoms in total. The van der Waals surface area contributed by atoms with Crippen molar-refractivity contribution in [1.82, 2.24) is 15.1 Å². The number of rotatable bonds is 4. The number of carbonyl (C=O) groups excluding carboxylic acids is 2. The Hall–Kier alpha value is -2.96. The molecule has 136 valence electrons. The first-order chi connectivity index (χ1) is 12.5. The summed E-state index contributed by atoms with van der Waals surface area (Å²) in [7, 11) is 0. The molecule has 1 aliphatic rings. The Bertz CT molecular complexity index is 766. The predicted octanol–water partition coefficient (Wildman–Crippen LogP) is 1.63. The van der Waals surface area contributed by atoms with E-state index < -0.39 is 0 Å². The lowest BCUT2D eigenvalue weighted by Gasteiger charge is -2.34. The van der Waals surface area contributed by atoms with Gasteiger partial charge in [-0.05, 0) is 24.6 Å². The first kappa shape index (κ1) is 17.8. The predicted molar refractivity (Wildman–Crippen MR) is 100 cm³/mol. The highest BCUT2D eigenvalue weighted by atomic mass is 16.2. The average molecular weight is 353 g/mol. The molecule has 26 heavy (non-hydrogen) atoms. The smallest absolute Gasteiger partial charge is 0.229 e. The number of hydrogen-bond acceptors (Lipinski definition) is 5. The van der Waals surface area contributed by atoms with Crippen LogP contribution in [0, 0.1) is 6.92 Å². The third-order valence-corrected chi connectivity index (χ3v) is 4.45. The van der Waals surface area contributed by atoms with Crippen molar-refractivity contribution in [2.24, 2.45) is 0 Å². The van der Waals surface area contributed by atoms with E-state index >= 15 is 0 Å². The zero-order valence-corrected chi connectivity index (χ0v) is 15.1. The molecule has 1 saturated heterocycles. The number of benzene rings is 1. The molecule has 2 amide bonds. The van der Waals surface area contributed by atoms with E-state index in [4.69, 9.17) is 0 Å². The summed E-state index contributed by atoms with van der Waals surface area (Å²) in [5.74, 6) is 1.17. The monoisotopic (exact) mass is 353 g/mol. The molecule has 1 N–H and O–H groups in total. The van der Waals surface area contributed by atoms with E-state index in [0.717, 1.165) is 24.5 Å². The maximum absolute atomic E-state index is 12.1. The second-order valence-corrected chi connectivity index (χ2v) is 6.48. The van der Waals surface area contributed by atoms with Crippen molar-refractivity contribution in [2.45, 2.75) is 20.3 Å². The van der Waals surface area contributed by atoms with Crippen molar-refractivity contribution >= 4 is 23.5 Å². The lowest BCUT2D eigenvalue weighted by atomic mass is 10.1. The van der Waals surface area contributed by atoms with Crippen LogP contribution in [-0.4, -0.2) is 53.1 Å². The van der Waals surface area contributed by atoms with Gasteiger partial charge in [-0.2, -0.15) is 0 Å². The largest absolute Gasteiger partial charge is 0.352 e. The van der Waals surface area contributed by atoms with Gasteiger partial charge < -0.3 is 15.1 Å². The summed E-state index contributed by atoms with van der Waals surface area (Å²) >= 11 is 0. The van der Waals surface area contributed by atoms with Gasteiger partial charge in [0.1, 0.15) is 0 Å². The van der Waals surface area contributed by atoms with E-state index in [1.165, 1.54) is 5.56 Å². The molecule has 1 aliphatic heterocycles. The summed E-state index contributed by atoms with van der Waals surface area (Å²) in [6.07, 6.45) is 0.302. The summed E-state index contributed by atoms with van der Waals surface area (Å²) in [5.41, 5.74) is 2.13. The summed E-state index contributed by atoms with van der Waals surface area (Å²) < 4.78 is 0. The molecule has 0 aliphatic carbocycles. The number of nitrogens with zero attached hydrogens (tertiary/aromatic N) is 4. The highest BCUT2D eigenvalue weighted by Crippen LogP contribution is 2.14. The Morgan fingerprint density at radius 2 is 1.69 bits per heavy atom. The van der Waals surface area contributed by atoms with Gasteiger partial charge in [-0.25, -0.2) is 0 Å². The number of anilines is 2. The maximum atomic E-state index is 12.1. The van der Waals surface area contributed by atoms with Crippen LogP contribution in [0.2, 0.25) is 0 Å². The summed E-state index contributed by atoms with van der Waals surface area (Å²) in [6, 6.07) is 11.5. The van der Waals surface area contributed by atoms with Crippen molar-refractivity contribution in [3.05, 3.63) is 47.5 Å². The second kappa shape index (κ2) is 7.95. The fraction of sp³-hybridized carbons (Fsp3) is 0.368. The molecule has 1 fully saturated rings. The van der Waals surface area contributed by atoms with Gasteiger partial charge in [0.2, 0.25) is 11.8 Å². The molecule has 2 heterocycles. The van der Waals surface area contributed by atoms with Crippen molar-refractivity contribution in [3.63, 3.8) is 0 Å². The van der Waals surface area contributed by atoms with E-state index in [9.17, 15) is 9.59 Å². The van der Waals surface area contributed by atoms with E-state index in [1.807, 2.05) is 42.2 Å². The molecular weight excluding hydrogens is 330 g/mol. The van der Waals surface area contributed by atoms with Crippen LogP contribution in [0.25, 0.3) is 0 Å². The molecule has 0 saturated carbocycles. The highest BCUT2D eigenvalue weighted by molar-refractivity contribution is 5.91. The van der Waals surface area contributed by atoms with Crippen molar-refractivity contribution in [2.75, 3.05) is 36.4 Å². The molecular formula is C19H23N5O2. The van der Waals surface area contributed by atoms with Crippen LogP contribution in [0.4, 0.5) is 11.6 Å². The number of aryl methyl sites for hydroxylation is 1. The van der Waals surface area contributed by atoms with Gasteiger partial charge in [0.25, 0.3) is 0 Å².